The van der Waals surface area contributed by atoms with Crippen LogP contribution in [0.5, 0.6) is 5.75 Å². The minimum atomic E-state index is -3.75. The summed E-state index contributed by atoms with van der Waals surface area (Å²) in [5, 5.41) is 10.5. The topological polar surface area (TPSA) is 118 Å². The number of nitrogen functional groups attached to an aromatic ring is 1. The van der Waals surface area contributed by atoms with Gasteiger partial charge >= 0.3 is 0 Å². The van der Waals surface area contributed by atoms with E-state index in [0.29, 0.717) is 16.3 Å². The third kappa shape index (κ3) is 5.06. The van der Waals surface area contributed by atoms with E-state index in [1.807, 2.05) is 23.8 Å². The number of nitrogens with zero attached hydrogens (tertiary/aromatic N) is 1. The van der Waals surface area contributed by atoms with Crippen LogP contribution in [-0.2, 0) is 10.0 Å². The predicted molar refractivity (Wildman–Crippen MR) is 137 cm³/mol. The monoisotopic (exact) mass is 516 g/mol. The molecule has 0 aliphatic carbocycles. The Balaban J connectivity index is 1.60. The summed E-state index contributed by atoms with van der Waals surface area (Å²) in [5.74, 6) is 0.621. The van der Waals surface area contributed by atoms with Crippen molar-refractivity contribution in [1.82, 2.24) is 4.98 Å². The number of nitrogens with one attached hydrogen (secondary N) is 2. The van der Waals surface area contributed by atoms with Gasteiger partial charge < -0.3 is 10.5 Å². The van der Waals surface area contributed by atoms with Crippen molar-refractivity contribution >= 4 is 56.0 Å². The molecular weight excluding hydrogens is 497 g/mol. The standard InChI is InChI=1S/C22H20N4O3S4/c1-29-15-6-8-16(9-7-15)33(27,28)26-14-5-3-4-13(10-14)18-12-31-21(25-18)17-11-19(20(23)24)32-22(17)30-2/h3-12,26H,1-2H3,(H3,23,24). The van der Waals surface area contributed by atoms with Crippen LogP contribution in [0.3, 0.4) is 0 Å². The first-order valence-electron chi connectivity index (χ1n) is 9.56. The van der Waals surface area contributed by atoms with E-state index in [9.17, 15) is 8.42 Å². The van der Waals surface area contributed by atoms with Gasteiger partial charge in [0.05, 0.1) is 26.8 Å². The number of hydrogen-bond donors (Lipinski definition) is 3. The van der Waals surface area contributed by atoms with Crippen molar-refractivity contribution in [3.63, 3.8) is 0 Å². The summed E-state index contributed by atoms with van der Waals surface area (Å²) in [7, 11) is -2.22. The van der Waals surface area contributed by atoms with E-state index in [1.54, 1.807) is 42.1 Å². The maximum absolute atomic E-state index is 12.8. The van der Waals surface area contributed by atoms with Crippen LogP contribution in [0, 0.1) is 5.41 Å². The molecule has 0 amide bonds. The fourth-order valence-corrected chi connectivity index (χ4v) is 6.81. The zero-order valence-corrected chi connectivity index (χ0v) is 20.9. The molecule has 4 rings (SSSR count). The lowest BCUT2D eigenvalue weighted by molar-refractivity contribution is 0.414. The van der Waals surface area contributed by atoms with Crippen molar-refractivity contribution in [2.45, 2.75) is 9.10 Å². The Morgan fingerprint density at radius 2 is 1.94 bits per heavy atom. The van der Waals surface area contributed by atoms with E-state index in [-0.39, 0.29) is 10.7 Å². The first-order chi connectivity index (χ1) is 15.8. The Hall–Kier alpha value is -2.86. The maximum Gasteiger partial charge on any atom is 0.261 e. The third-order valence-corrected chi connectivity index (χ3v) is 9.24. The van der Waals surface area contributed by atoms with Gasteiger partial charge in [0.2, 0.25) is 0 Å². The van der Waals surface area contributed by atoms with Crippen LogP contribution < -0.4 is 15.2 Å². The van der Waals surface area contributed by atoms with Gasteiger partial charge in [-0.05, 0) is 48.7 Å². The zero-order chi connectivity index (χ0) is 23.6. The van der Waals surface area contributed by atoms with Crippen LogP contribution in [0.15, 0.2) is 69.1 Å². The highest BCUT2D eigenvalue weighted by Crippen LogP contribution is 2.40. The fourth-order valence-electron chi connectivity index (χ4n) is 3.05. The molecule has 11 heteroatoms. The van der Waals surface area contributed by atoms with Crippen LogP contribution in [0.25, 0.3) is 21.8 Å². The Kier molecular flexibility index (Phi) is 6.75. The minimum Gasteiger partial charge on any atom is -0.497 e. The molecule has 4 N–H and O–H groups in total. The second-order valence-electron chi connectivity index (χ2n) is 6.83. The molecule has 0 spiro atoms. The van der Waals surface area contributed by atoms with E-state index >= 15 is 0 Å². The SMILES string of the molecule is COc1ccc(S(=O)(=O)Nc2cccc(-c3csc(-c4cc(C(=N)N)sc4SC)n3)c2)cc1. The van der Waals surface area contributed by atoms with Crippen LogP contribution in [0.1, 0.15) is 4.88 Å². The number of amidine groups is 1. The Morgan fingerprint density at radius 1 is 1.18 bits per heavy atom. The summed E-state index contributed by atoms with van der Waals surface area (Å²) in [4.78, 5) is 5.61. The molecule has 0 aliphatic heterocycles. The van der Waals surface area contributed by atoms with Gasteiger partial charge in [0, 0.05) is 22.2 Å². The minimum absolute atomic E-state index is 0.0372. The molecule has 0 saturated carbocycles. The number of benzene rings is 2. The number of thiazole rings is 1. The highest BCUT2D eigenvalue weighted by Gasteiger charge is 2.17. The zero-order valence-electron chi connectivity index (χ0n) is 17.7. The fraction of sp³-hybridized carbons (Fsp3) is 0.0909. The summed E-state index contributed by atoms with van der Waals surface area (Å²) >= 11 is 4.55. The molecule has 7 nitrogen and oxygen atoms in total. The van der Waals surface area contributed by atoms with Crippen molar-refractivity contribution in [1.29, 1.82) is 5.41 Å². The van der Waals surface area contributed by atoms with Crippen molar-refractivity contribution in [2.24, 2.45) is 5.73 Å². The number of nitrogens with two attached hydrogens (primary N) is 1. The number of aromatic nitrogens is 1. The van der Waals surface area contributed by atoms with Gasteiger partial charge in [-0.15, -0.1) is 34.4 Å². The van der Waals surface area contributed by atoms with Crippen LogP contribution in [0.4, 0.5) is 5.69 Å². The van der Waals surface area contributed by atoms with E-state index < -0.39 is 10.0 Å². The Labute approximate surface area is 204 Å². The highest BCUT2D eigenvalue weighted by molar-refractivity contribution is 8.00. The summed E-state index contributed by atoms with van der Waals surface area (Å²) in [6.45, 7) is 0. The lowest BCUT2D eigenvalue weighted by Crippen LogP contribution is -2.12. The maximum atomic E-state index is 12.8. The van der Waals surface area contributed by atoms with Crippen molar-refractivity contribution in [3.05, 3.63) is 64.9 Å². The Bertz CT molecular complexity index is 1410. The third-order valence-electron chi connectivity index (χ3n) is 4.66. The number of sulfonamides is 1. The molecular formula is C22H20N4O3S4. The van der Waals surface area contributed by atoms with Crippen molar-refractivity contribution in [3.8, 4) is 27.6 Å². The number of thiophene rings is 1. The number of ether oxygens (including phenoxy) is 1. The van der Waals surface area contributed by atoms with Crippen molar-refractivity contribution < 1.29 is 13.2 Å². The summed E-state index contributed by atoms with van der Waals surface area (Å²) in [6, 6.07) is 15.2. The van der Waals surface area contributed by atoms with Gasteiger partial charge in [-0.1, -0.05) is 12.1 Å². The number of rotatable bonds is 8. The van der Waals surface area contributed by atoms with Crippen LogP contribution in [-0.4, -0.2) is 32.6 Å². The molecule has 0 radical (unpaired) electrons. The van der Waals surface area contributed by atoms with Gasteiger partial charge in [0.25, 0.3) is 10.0 Å². The number of methoxy groups -OCH3 is 1. The van der Waals surface area contributed by atoms with Gasteiger partial charge in [-0.2, -0.15) is 0 Å². The van der Waals surface area contributed by atoms with Crippen LogP contribution in [0.2, 0.25) is 0 Å². The molecule has 0 atom stereocenters. The predicted octanol–water partition coefficient (Wildman–Crippen LogP) is 5.35. The lowest BCUT2D eigenvalue weighted by Gasteiger charge is -2.09. The molecule has 0 saturated heterocycles. The number of hydrogen-bond acceptors (Lipinski definition) is 8. The molecule has 33 heavy (non-hydrogen) atoms. The van der Waals surface area contributed by atoms with Crippen LogP contribution >= 0.6 is 34.4 Å². The molecule has 0 unspecified atom stereocenters. The quantitative estimate of drug-likeness (QED) is 0.165. The van der Waals surface area contributed by atoms with Crippen molar-refractivity contribution in [2.75, 3.05) is 18.1 Å². The molecule has 0 aliphatic rings. The average molecular weight is 517 g/mol. The number of anilines is 1. The van der Waals surface area contributed by atoms with Gasteiger partial charge in [0.15, 0.2) is 0 Å². The first kappa shape index (κ1) is 23.3. The molecule has 4 aromatic rings. The summed E-state index contributed by atoms with van der Waals surface area (Å²) in [5.41, 5.74) is 8.58. The lowest BCUT2D eigenvalue weighted by atomic mass is 10.1. The molecule has 2 aromatic carbocycles. The molecule has 2 heterocycles. The average Bonchev–Trinajstić information content (AvgIpc) is 3.46. The second kappa shape index (κ2) is 9.56. The van der Waals surface area contributed by atoms with E-state index in [0.717, 1.165) is 26.0 Å². The van der Waals surface area contributed by atoms with E-state index in [4.69, 9.17) is 20.9 Å². The van der Waals surface area contributed by atoms with Gasteiger partial charge in [0.1, 0.15) is 16.6 Å². The summed E-state index contributed by atoms with van der Waals surface area (Å²) in [6.07, 6.45) is 1.98. The van der Waals surface area contributed by atoms with E-state index in [2.05, 4.69) is 4.72 Å². The molecule has 0 bridgehead atoms. The summed E-state index contributed by atoms with van der Waals surface area (Å²) < 4.78 is 34.3. The van der Waals surface area contributed by atoms with Gasteiger partial charge in [-0.25, -0.2) is 13.4 Å². The molecule has 170 valence electrons. The smallest absolute Gasteiger partial charge is 0.261 e. The Morgan fingerprint density at radius 3 is 2.61 bits per heavy atom. The largest absolute Gasteiger partial charge is 0.497 e. The molecule has 2 aromatic heterocycles. The van der Waals surface area contributed by atoms with E-state index in [1.165, 1.54) is 41.9 Å². The van der Waals surface area contributed by atoms with Gasteiger partial charge in [-0.3, -0.25) is 10.1 Å². The number of thioether (sulfide) groups is 1. The second-order valence-corrected chi connectivity index (χ2v) is 11.5. The highest BCUT2D eigenvalue weighted by atomic mass is 32.2. The normalized spacial score (nSPS) is 11.3. The first-order valence-corrected chi connectivity index (χ1v) is 14.0. The molecule has 0 fully saturated rings.